The van der Waals surface area contributed by atoms with Gasteiger partial charge in [-0.05, 0) is 56.1 Å². The van der Waals surface area contributed by atoms with Crippen molar-refractivity contribution in [3.63, 3.8) is 0 Å². The lowest BCUT2D eigenvalue weighted by atomic mass is 9.84. The van der Waals surface area contributed by atoms with Crippen LogP contribution >= 0.6 is 11.3 Å². The topological polar surface area (TPSA) is 83.6 Å². The number of piperidine rings is 3. The largest absolute Gasteiger partial charge is 0.445 e. The van der Waals surface area contributed by atoms with Gasteiger partial charge < -0.3 is 20.3 Å². The molecule has 1 atom stereocenters. The van der Waals surface area contributed by atoms with Crippen molar-refractivity contribution < 1.29 is 14.3 Å². The molecular weight excluding hydrogens is 364 g/mol. The minimum atomic E-state index is -0.172. The first kappa shape index (κ1) is 17.9. The van der Waals surface area contributed by atoms with Gasteiger partial charge in [-0.1, -0.05) is 11.3 Å². The van der Waals surface area contributed by atoms with E-state index in [1.54, 1.807) is 30.5 Å². The second-order valence-corrected chi connectivity index (χ2v) is 8.00. The maximum atomic E-state index is 12.5. The molecule has 27 heavy (non-hydrogen) atoms. The third kappa shape index (κ3) is 4.28. The summed E-state index contributed by atoms with van der Waals surface area (Å²) in [4.78, 5) is 30.1. The molecule has 1 unspecified atom stereocenters. The summed E-state index contributed by atoms with van der Waals surface area (Å²) in [5.41, 5.74) is 0.627. The van der Waals surface area contributed by atoms with Crippen molar-refractivity contribution in [3.05, 3.63) is 36.0 Å². The standard InChI is InChI=1S/C19H22N4O3S/c1-12(24)21-19-20-10-17(27-19)26-15-4-2-14(3-5-15)18(25)22-16-11-23-8-6-13(16)7-9-23/h2-5,10,13,16H,6-9,11H2,1H3,(H,22,25)(H,20,21,24). The van der Waals surface area contributed by atoms with Crippen molar-refractivity contribution in [2.75, 3.05) is 25.0 Å². The van der Waals surface area contributed by atoms with E-state index in [1.165, 1.54) is 31.1 Å². The summed E-state index contributed by atoms with van der Waals surface area (Å²) in [7, 11) is 0. The molecule has 8 heteroatoms. The number of fused-ring (bicyclic) bond motifs is 3. The highest BCUT2D eigenvalue weighted by Gasteiger charge is 2.34. The second-order valence-electron chi connectivity index (χ2n) is 7.01. The third-order valence-corrected chi connectivity index (χ3v) is 5.87. The molecule has 2 bridgehead atoms. The van der Waals surface area contributed by atoms with Crippen LogP contribution in [0.25, 0.3) is 0 Å². The van der Waals surface area contributed by atoms with Gasteiger partial charge in [-0.25, -0.2) is 4.98 Å². The number of nitrogens with zero attached hydrogens (tertiary/aromatic N) is 2. The van der Waals surface area contributed by atoms with Gasteiger partial charge in [0, 0.05) is 25.1 Å². The zero-order chi connectivity index (χ0) is 18.8. The lowest BCUT2D eigenvalue weighted by molar-refractivity contribution is -0.114. The Morgan fingerprint density at radius 1 is 1.22 bits per heavy atom. The van der Waals surface area contributed by atoms with Gasteiger partial charge in [0.05, 0.1) is 6.20 Å². The van der Waals surface area contributed by atoms with E-state index in [1.807, 2.05) is 0 Å². The molecule has 4 heterocycles. The number of carbonyl (C=O) groups excluding carboxylic acids is 2. The van der Waals surface area contributed by atoms with E-state index < -0.39 is 0 Å². The molecule has 3 aliphatic heterocycles. The van der Waals surface area contributed by atoms with E-state index in [0.29, 0.717) is 27.4 Å². The Kier molecular flexibility index (Phi) is 5.09. The van der Waals surface area contributed by atoms with Gasteiger partial charge in [-0.2, -0.15) is 0 Å². The Balaban J connectivity index is 1.35. The summed E-state index contributed by atoms with van der Waals surface area (Å²) >= 11 is 1.25. The van der Waals surface area contributed by atoms with E-state index in [9.17, 15) is 9.59 Å². The highest BCUT2D eigenvalue weighted by molar-refractivity contribution is 7.17. The molecule has 2 aromatic rings. The number of nitrogens with one attached hydrogen (secondary N) is 2. The SMILES string of the molecule is CC(=O)Nc1ncc(Oc2ccc(C(=O)NC3CN4CCC3CC4)cc2)s1. The first-order valence-corrected chi connectivity index (χ1v) is 9.93. The fourth-order valence-corrected chi connectivity index (χ4v) is 4.42. The van der Waals surface area contributed by atoms with Crippen LogP contribution in [0.15, 0.2) is 30.5 Å². The van der Waals surface area contributed by atoms with Crippen LogP contribution in [0.2, 0.25) is 0 Å². The molecule has 2 amide bonds. The Hall–Kier alpha value is -2.45. The van der Waals surface area contributed by atoms with Crippen molar-refractivity contribution in [3.8, 4) is 10.8 Å². The van der Waals surface area contributed by atoms with Crippen LogP contribution in [0.1, 0.15) is 30.1 Å². The smallest absolute Gasteiger partial charge is 0.251 e. The molecule has 1 aromatic carbocycles. The van der Waals surface area contributed by atoms with Crippen LogP contribution in [-0.4, -0.2) is 47.4 Å². The molecule has 0 saturated carbocycles. The Labute approximate surface area is 161 Å². The first-order chi connectivity index (χ1) is 13.1. The van der Waals surface area contributed by atoms with E-state index in [-0.39, 0.29) is 17.9 Å². The fraction of sp³-hybridized carbons (Fsp3) is 0.421. The van der Waals surface area contributed by atoms with E-state index >= 15 is 0 Å². The first-order valence-electron chi connectivity index (χ1n) is 9.11. The van der Waals surface area contributed by atoms with Gasteiger partial charge >= 0.3 is 0 Å². The minimum Gasteiger partial charge on any atom is -0.445 e. The zero-order valence-corrected chi connectivity index (χ0v) is 15.9. The van der Waals surface area contributed by atoms with Crippen molar-refractivity contribution in [1.82, 2.24) is 15.2 Å². The lowest BCUT2D eigenvalue weighted by Gasteiger charge is -2.44. The molecule has 3 aliphatic rings. The van der Waals surface area contributed by atoms with E-state index in [4.69, 9.17) is 4.74 Å². The van der Waals surface area contributed by atoms with Gasteiger partial charge in [-0.15, -0.1) is 0 Å². The van der Waals surface area contributed by atoms with Crippen LogP contribution in [0.3, 0.4) is 0 Å². The maximum absolute atomic E-state index is 12.5. The average Bonchev–Trinajstić information content (AvgIpc) is 3.09. The molecule has 3 saturated heterocycles. The van der Waals surface area contributed by atoms with Gasteiger partial charge in [0.25, 0.3) is 5.91 Å². The molecule has 2 N–H and O–H groups in total. The highest BCUT2D eigenvalue weighted by Crippen LogP contribution is 2.31. The Morgan fingerprint density at radius 2 is 1.96 bits per heavy atom. The number of thiazole rings is 1. The Morgan fingerprint density at radius 3 is 2.59 bits per heavy atom. The third-order valence-electron chi connectivity index (χ3n) is 5.08. The van der Waals surface area contributed by atoms with Crippen LogP contribution in [-0.2, 0) is 4.79 Å². The predicted octanol–water partition coefficient (Wildman–Crippen LogP) is 2.72. The number of aromatic nitrogens is 1. The summed E-state index contributed by atoms with van der Waals surface area (Å²) < 4.78 is 5.73. The summed E-state index contributed by atoms with van der Waals surface area (Å²) in [6, 6.07) is 7.32. The van der Waals surface area contributed by atoms with Gasteiger partial charge in [0.15, 0.2) is 5.13 Å². The zero-order valence-electron chi connectivity index (χ0n) is 15.1. The maximum Gasteiger partial charge on any atom is 0.251 e. The molecular formula is C19H22N4O3S. The van der Waals surface area contributed by atoms with Crippen LogP contribution in [0, 0.1) is 5.92 Å². The minimum absolute atomic E-state index is 0.0361. The number of ether oxygens (including phenoxy) is 1. The summed E-state index contributed by atoms with van der Waals surface area (Å²) in [6.45, 7) is 4.70. The van der Waals surface area contributed by atoms with Crippen molar-refractivity contribution in [1.29, 1.82) is 0 Å². The van der Waals surface area contributed by atoms with Crippen molar-refractivity contribution >= 4 is 28.3 Å². The predicted molar refractivity (Wildman–Crippen MR) is 103 cm³/mol. The quantitative estimate of drug-likeness (QED) is 0.826. The molecule has 0 spiro atoms. The van der Waals surface area contributed by atoms with Crippen LogP contribution in [0.4, 0.5) is 5.13 Å². The number of carbonyl (C=O) groups is 2. The van der Waals surface area contributed by atoms with Crippen molar-refractivity contribution in [2.24, 2.45) is 5.92 Å². The number of amides is 2. The number of rotatable bonds is 5. The number of hydrogen-bond acceptors (Lipinski definition) is 6. The number of benzene rings is 1. The molecule has 7 nitrogen and oxygen atoms in total. The molecule has 1 aromatic heterocycles. The Bertz CT molecular complexity index is 828. The molecule has 0 radical (unpaired) electrons. The number of hydrogen-bond donors (Lipinski definition) is 2. The summed E-state index contributed by atoms with van der Waals surface area (Å²) in [5, 5.41) is 6.87. The average molecular weight is 386 g/mol. The van der Waals surface area contributed by atoms with Gasteiger partial charge in [-0.3, -0.25) is 9.59 Å². The molecule has 0 aliphatic carbocycles. The van der Waals surface area contributed by atoms with E-state index in [2.05, 4.69) is 20.5 Å². The number of anilines is 1. The van der Waals surface area contributed by atoms with Crippen molar-refractivity contribution in [2.45, 2.75) is 25.8 Å². The van der Waals surface area contributed by atoms with Crippen LogP contribution < -0.4 is 15.4 Å². The van der Waals surface area contributed by atoms with Gasteiger partial charge in [0.1, 0.15) is 5.75 Å². The van der Waals surface area contributed by atoms with E-state index in [0.717, 1.165) is 19.6 Å². The fourth-order valence-electron chi connectivity index (χ4n) is 3.69. The molecule has 5 rings (SSSR count). The molecule has 142 valence electrons. The lowest BCUT2D eigenvalue weighted by Crippen LogP contribution is -2.57. The highest BCUT2D eigenvalue weighted by atomic mass is 32.1. The van der Waals surface area contributed by atoms with Crippen LogP contribution in [0.5, 0.6) is 10.8 Å². The monoisotopic (exact) mass is 386 g/mol. The van der Waals surface area contributed by atoms with Gasteiger partial charge in [0.2, 0.25) is 11.0 Å². The second kappa shape index (κ2) is 7.66. The summed E-state index contributed by atoms with van der Waals surface area (Å²) in [5.74, 6) is 1.01. The molecule has 3 fully saturated rings. The summed E-state index contributed by atoms with van der Waals surface area (Å²) in [6.07, 6.45) is 3.91. The normalized spacial score (nSPS) is 23.7.